The van der Waals surface area contributed by atoms with E-state index in [9.17, 15) is 18.0 Å². The molecular formula is C13H12F3N3O2. The molecule has 1 fully saturated rings. The Morgan fingerprint density at radius 2 is 2.24 bits per heavy atom. The van der Waals surface area contributed by atoms with Gasteiger partial charge in [0.05, 0.1) is 11.0 Å². The number of ether oxygens (including phenoxy) is 1. The number of anilines is 1. The van der Waals surface area contributed by atoms with E-state index in [0.717, 1.165) is 6.42 Å². The predicted molar refractivity (Wildman–Crippen MR) is 68.7 cm³/mol. The zero-order valence-electron chi connectivity index (χ0n) is 10.8. The minimum absolute atomic E-state index is 0.192. The number of aromatic nitrogens is 2. The number of H-pyrrole nitrogens is 1. The first-order valence-corrected chi connectivity index (χ1v) is 6.43. The molecule has 8 heteroatoms. The summed E-state index contributed by atoms with van der Waals surface area (Å²) in [6, 6.07) is 4.35. The van der Waals surface area contributed by atoms with Crippen LogP contribution in [0, 0.1) is 0 Å². The van der Waals surface area contributed by atoms with E-state index in [1.807, 2.05) is 0 Å². The summed E-state index contributed by atoms with van der Waals surface area (Å²) in [6.07, 6.45) is -3.54. The van der Waals surface area contributed by atoms with E-state index in [-0.39, 0.29) is 16.9 Å². The van der Waals surface area contributed by atoms with Crippen LogP contribution in [-0.2, 0) is 15.7 Å². The van der Waals surface area contributed by atoms with Crippen LogP contribution in [0.2, 0.25) is 0 Å². The first-order chi connectivity index (χ1) is 9.93. The van der Waals surface area contributed by atoms with Crippen LogP contribution < -0.4 is 5.32 Å². The number of nitrogens with one attached hydrogen (secondary N) is 2. The van der Waals surface area contributed by atoms with Gasteiger partial charge in [-0.3, -0.25) is 4.79 Å². The van der Waals surface area contributed by atoms with Crippen molar-refractivity contribution in [3.63, 3.8) is 0 Å². The highest BCUT2D eigenvalue weighted by Crippen LogP contribution is 2.29. The summed E-state index contributed by atoms with van der Waals surface area (Å²) in [4.78, 5) is 17.5. The average Bonchev–Trinajstić information content (AvgIpc) is 3.06. The maximum atomic E-state index is 12.6. The summed E-state index contributed by atoms with van der Waals surface area (Å²) >= 11 is 0. The molecule has 0 radical (unpaired) electrons. The van der Waals surface area contributed by atoms with Gasteiger partial charge < -0.3 is 15.0 Å². The van der Waals surface area contributed by atoms with Gasteiger partial charge in [-0.1, -0.05) is 0 Å². The van der Waals surface area contributed by atoms with Gasteiger partial charge >= 0.3 is 6.18 Å². The van der Waals surface area contributed by atoms with Gasteiger partial charge in [-0.2, -0.15) is 13.2 Å². The second kappa shape index (κ2) is 5.03. The van der Waals surface area contributed by atoms with Gasteiger partial charge in [-0.05, 0) is 31.0 Å². The molecule has 1 aromatic heterocycles. The third-order valence-corrected chi connectivity index (χ3v) is 3.24. The molecule has 1 aromatic carbocycles. The van der Waals surface area contributed by atoms with Crippen molar-refractivity contribution >= 4 is 22.6 Å². The van der Waals surface area contributed by atoms with Crippen LogP contribution in [-0.4, -0.2) is 28.6 Å². The molecular weight excluding hydrogens is 287 g/mol. The van der Waals surface area contributed by atoms with Crippen molar-refractivity contribution in [2.45, 2.75) is 25.1 Å². The van der Waals surface area contributed by atoms with Gasteiger partial charge in [0.25, 0.3) is 5.91 Å². The number of nitrogens with zero attached hydrogens (tertiary/aromatic N) is 1. The SMILES string of the molecule is O=C(Nc1ccc2nc(C(F)(F)F)[nH]c2c1)[C@H]1CCCO1. The van der Waals surface area contributed by atoms with E-state index in [0.29, 0.717) is 18.7 Å². The van der Waals surface area contributed by atoms with Crippen LogP contribution in [0.3, 0.4) is 0 Å². The van der Waals surface area contributed by atoms with Crippen molar-refractivity contribution in [1.29, 1.82) is 0 Å². The summed E-state index contributed by atoms with van der Waals surface area (Å²) in [6.45, 7) is 0.548. The third-order valence-electron chi connectivity index (χ3n) is 3.24. The number of rotatable bonds is 2. The lowest BCUT2D eigenvalue weighted by atomic mass is 10.2. The highest BCUT2D eigenvalue weighted by molar-refractivity contribution is 5.96. The molecule has 112 valence electrons. The van der Waals surface area contributed by atoms with E-state index >= 15 is 0 Å². The highest BCUT2D eigenvalue weighted by Gasteiger charge is 2.34. The minimum Gasteiger partial charge on any atom is -0.368 e. The third kappa shape index (κ3) is 2.85. The molecule has 1 saturated heterocycles. The molecule has 0 bridgehead atoms. The quantitative estimate of drug-likeness (QED) is 0.896. The molecule has 0 saturated carbocycles. The Balaban J connectivity index is 1.82. The first-order valence-electron chi connectivity index (χ1n) is 6.43. The Morgan fingerprint density at radius 1 is 1.43 bits per heavy atom. The molecule has 21 heavy (non-hydrogen) atoms. The smallest absolute Gasteiger partial charge is 0.368 e. The molecule has 2 aromatic rings. The van der Waals surface area contributed by atoms with E-state index in [2.05, 4.69) is 15.3 Å². The molecule has 1 atom stereocenters. The molecule has 2 heterocycles. The standard InChI is InChI=1S/C13H12F3N3O2/c14-13(15,16)12-18-8-4-3-7(6-9(8)19-12)17-11(20)10-2-1-5-21-10/h3-4,6,10H,1-2,5H2,(H,17,20)(H,18,19)/t10-/m1/s1. The number of carbonyl (C=O) groups is 1. The van der Waals surface area contributed by atoms with Crippen molar-refractivity contribution in [2.75, 3.05) is 11.9 Å². The second-order valence-corrected chi connectivity index (χ2v) is 4.81. The van der Waals surface area contributed by atoms with Crippen LogP contribution in [0.15, 0.2) is 18.2 Å². The Bertz CT molecular complexity index is 675. The van der Waals surface area contributed by atoms with Crippen LogP contribution in [0.1, 0.15) is 18.7 Å². The van der Waals surface area contributed by atoms with Gasteiger partial charge in [0.15, 0.2) is 0 Å². The van der Waals surface area contributed by atoms with Crippen LogP contribution in [0.5, 0.6) is 0 Å². The Labute approximate surface area is 117 Å². The lowest BCUT2D eigenvalue weighted by molar-refractivity contribution is -0.144. The molecule has 1 amide bonds. The molecule has 2 N–H and O–H groups in total. The van der Waals surface area contributed by atoms with Gasteiger partial charge in [0, 0.05) is 12.3 Å². The Morgan fingerprint density at radius 3 is 2.90 bits per heavy atom. The normalized spacial score (nSPS) is 19.1. The second-order valence-electron chi connectivity index (χ2n) is 4.81. The van der Waals surface area contributed by atoms with Gasteiger partial charge in [-0.15, -0.1) is 0 Å². The number of amides is 1. The zero-order valence-corrected chi connectivity index (χ0v) is 10.8. The van der Waals surface area contributed by atoms with Gasteiger partial charge in [0.1, 0.15) is 6.10 Å². The number of fused-ring (bicyclic) bond motifs is 1. The number of alkyl halides is 3. The summed E-state index contributed by atoms with van der Waals surface area (Å²) in [5.74, 6) is -1.34. The number of aromatic amines is 1. The minimum atomic E-state index is -4.53. The van der Waals surface area contributed by atoms with Crippen molar-refractivity contribution in [3.05, 3.63) is 24.0 Å². The fraction of sp³-hybridized carbons (Fsp3) is 0.385. The first kappa shape index (κ1) is 13.9. The maximum Gasteiger partial charge on any atom is 0.449 e. The largest absolute Gasteiger partial charge is 0.449 e. The molecule has 0 unspecified atom stereocenters. The monoisotopic (exact) mass is 299 g/mol. The van der Waals surface area contributed by atoms with E-state index in [1.54, 1.807) is 0 Å². The topological polar surface area (TPSA) is 67.0 Å². The van der Waals surface area contributed by atoms with E-state index in [1.165, 1.54) is 18.2 Å². The number of halogens is 3. The van der Waals surface area contributed by atoms with Crippen molar-refractivity contribution in [2.24, 2.45) is 0 Å². The molecule has 1 aliphatic heterocycles. The van der Waals surface area contributed by atoms with Crippen molar-refractivity contribution < 1.29 is 22.7 Å². The fourth-order valence-electron chi connectivity index (χ4n) is 2.23. The number of carbonyl (C=O) groups excluding carboxylic acids is 1. The zero-order chi connectivity index (χ0) is 15.0. The fourth-order valence-corrected chi connectivity index (χ4v) is 2.23. The predicted octanol–water partition coefficient (Wildman–Crippen LogP) is 2.70. The molecule has 1 aliphatic rings. The van der Waals surface area contributed by atoms with Gasteiger partial charge in [0.2, 0.25) is 5.82 Å². The Hall–Kier alpha value is -2.09. The van der Waals surface area contributed by atoms with Crippen molar-refractivity contribution in [1.82, 2.24) is 9.97 Å². The molecule has 0 spiro atoms. The summed E-state index contributed by atoms with van der Waals surface area (Å²) < 4.78 is 42.9. The number of imidazole rings is 1. The lowest BCUT2D eigenvalue weighted by Gasteiger charge is -2.10. The number of hydrogen-bond donors (Lipinski definition) is 2. The van der Waals surface area contributed by atoms with Gasteiger partial charge in [-0.25, -0.2) is 4.98 Å². The van der Waals surface area contributed by atoms with E-state index < -0.39 is 18.1 Å². The number of benzene rings is 1. The highest BCUT2D eigenvalue weighted by atomic mass is 19.4. The van der Waals surface area contributed by atoms with Crippen LogP contribution in [0.25, 0.3) is 11.0 Å². The average molecular weight is 299 g/mol. The summed E-state index contributed by atoms with van der Waals surface area (Å²) in [7, 11) is 0. The van der Waals surface area contributed by atoms with E-state index in [4.69, 9.17) is 4.74 Å². The number of hydrogen-bond acceptors (Lipinski definition) is 3. The summed E-state index contributed by atoms with van der Waals surface area (Å²) in [5, 5.41) is 2.63. The maximum absolute atomic E-state index is 12.6. The van der Waals surface area contributed by atoms with Crippen molar-refractivity contribution in [3.8, 4) is 0 Å². The molecule has 5 nitrogen and oxygen atoms in total. The van der Waals surface area contributed by atoms with Crippen LogP contribution in [0.4, 0.5) is 18.9 Å². The van der Waals surface area contributed by atoms with Crippen LogP contribution >= 0.6 is 0 Å². The molecule has 0 aliphatic carbocycles. The lowest BCUT2D eigenvalue weighted by Crippen LogP contribution is -2.26. The summed E-state index contributed by atoms with van der Waals surface area (Å²) in [5.41, 5.74) is 0.810. The Kier molecular flexibility index (Phi) is 3.32. The molecule has 3 rings (SSSR count).